The standard InChI is InChI=1S/C63H77N5O19S4/c1-37(70)67-52-48(73)30-62(36-69,86-56(52)54(77)50(75)32-65-59(80)43-13-7-39(8-14-43)45-19-27-90-34-45)84-22-4-26-89-29-21-64-58(79)42-17-11-41(12-18-42)47(72)6-3-24-88-25-5-23-85-63(61(82)83)31-49(74)53(68-38(2)71)57(87-63)55(78)51(76)33-66-60(81)44-15-9-40(10-16-44)46-20-28-91-35-46/h7-20,27-28,34-36,48-57,73-78H,3-6,21-26,29-33H2,1-2H3,(H,64,79)(H,65,80)(H,66,81)(H,67,70)(H,68,71)(H,82,83)/t48-,49-,50+,51-,52+,53+,54+,55+,56+,57+,62+,63+/m0/s1. The summed E-state index contributed by atoms with van der Waals surface area (Å²) in [6.07, 6.45) is -12.5. The minimum Gasteiger partial charge on any atom is -0.477 e. The molecule has 7 rings (SSSR count). The predicted molar refractivity (Wildman–Crippen MR) is 342 cm³/mol. The molecule has 2 saturated heterocycles. The summed E-state index contributed by atoms with van der Waals surface area (Å²) in [5, 5.41) is 97.9. The number of hydrogen-bond acceptors (Lipinski definition) is 22. The zero-order chi connectivity index (χ0) is 65.7. The summed E-state index contributed by atoms with van der Waals surface area (Å²) in [6.45, 7) is 1.56. The molecule has 0 aliphatic carbocycles. The highest BCUT2D eigenvalue weighted by Gasteiger charge is 2.56. The van der Waals surface area contributed by atoms with Gasteiger partial charge in [0.05, 0.1) is 49.7 Å². The van der Waals surface area contributed by atoms with Crippen molar-refractivity contribution in [3.63, 3.8) is 0 Å². The minimum absolute atomic E-state index is 0.0173. The van der Waals surface area contributed by atoms with Crippen LogP contribution in [0.3, 0.4) is 0 Å². The number of hydrogen-bond donors (Lipinski definition) is 12. The highest BCUT2D eigenvalue weighted by atomic mass is 32.2. The molecule has 0 spiro atoms. The summed E-state index contributed by atoms with van der Waals surface area (Å²) >= 11 is 6.06. The molecule has 2 aliphatic heterocycles. The van der Waals surface area contributed by atoms with E-state index in [9.17, 15) is 74.1 Å². The van der Waals surface area contributed by atoms with Crippen molar-refractivity contribution in [1.82, 2.24) is 26.6 Å². The topological polar surface area (TPSA) is 375 Å². The number of aliphatic carboxylic acids is 1. The number of aldehydes is 1. The molecule has 12 N–H and O–H groups in total. The highest BCUT2D eigenvalue weighted by molar-refractivity contribution is 7.99. The average Bonchev–Trinajstić information content (AvgIpc) is 2.09. The van der Waals surface area contributed by atoms with E-state index in [-0.39, 0.29) is 36.9 Å². The number of Topliss-reactive ketones (excluding diaryl/α,β-unsaturated/α-hetero) is 1. The van der Waals surface area contributed by atoms with Crippen molar-refractivity contribution in [3.8, 4) is 22.3 Å². The smallest absolute Gasteiger partial charge is 0.364 e. The van der Waals surface area contributed by atoms with E-state index in [4.69, 9.17) is 18.9 Å². The Labute approximate surface area is 542 Å². The Balaban J connectivity index is 0.763. The number of aliphatic hydroxyl groups is 6. The molecule has 0 bridgehead atoms. The van der Waals surface area contributed by atoms with E-state index in [0.29, 0.717) is 71.8 Å². The first-order chi connectivity index (χ1) is 43.6. The van der Waals surface area contributed by atoms with Crippen LogP contribution in [0.15, 0.2) is 106 Å². The van der Waals surface area contributed by atoms with Crippen LogP contribution in [0.2, 0.25) is 0 Å². The average molecular weight is 1340 g/mol. The Morgan fingerprint density at radius 2 is 1.02 bits per heavy atom. The lowest BCUT2D eigenvalue weighted by atomic mass is 9.88. The van der Waals surface area contributed by atoms with Gasteiger partial charge in [-0.1, -0.05) is 36.4 Å². The Morgan fingerprint density at radius 3 is 1.49 bits per heavy atom. The molecule has 0 unspecified atom stereocenters. The number of nitrogens with one attached hydrogen (secondary N) is 5. The van der Waals surface area contributed by atoms with Gasteiger partial charge >= 0.3 is 5.97 Å². The summed E-state index contributed by atoms with van der Waals surface area (Å²) in [7, 11) is 0. The molecule has 2 aromatic heterocycles. The fourth-order valence-electron chi connectivity index (χ4n) is 10.2. The van der Waals surface area contributed by atoms with Crippen LogP contribution in [-0.4, -0.2) is 212 Å². The van der Waals surface area contributed by atoms with Crippen molar-refractivity contribution >= 4 is 93.8 Å². The first-order valence-electron chi connectivity index (χ1n) is 29.5. The van der Waals surface area contributed by atoms with Crippen molar-refractivity contribution in [2.45, 2.75) is 125 Å². The van der Waals surface area contributed by atoms with Gasteiger partial charge in [0.1, 0.15) is 24.4 Å². The SMILES string of the molecule is CC(=O)N[C@H]1[C@H]([C@H](O)[C@H](O)CNC(=O)c2ccc(-c3ccsc3)cc2)O[C@](C=O)(OCCCSCCNC(=O)c2ccc(C(=O)CCCSCCCO[C@]3(C(=O)O)C[C@H](O)[C@@H](NC(C)=O)[C@H]([C@H](O)[C@@H](O)CNC(=O)c4ccc(-c5ccsc5)cc4)O3)cc2)C[C@@H]1O. The number of thioether (sulfide) groups is 2. The van der Waals surface area contributed by atoms with Crippen LogP contribution in [0.4, 0.5) is 0 Å². The van der Waals surface area contributed by atoms with Crippen LogP contribution in [0.5, 0.6) is 0 Å². The Hall–Kier alpha value is -6.48. The maximum absolute atomic E-state index is 13.0. The number of ketones is 1. The first-order valence-corrected chi connectivity index (χ1v) is 33.7. The van der Waals surface area contributed by atoms with Crippen LogP contribution < -0.4 is 26.6 Å². The second-order valence-electron chi connectivity index (χ2n) is 21.9. The number of rotatable bonds is 35. The number of carbonyl (C=O) groups is 8. The molecule has 0 saturated carbocycles. The van der Waals surface area contributed by atoms with E-state index in [1.807, 2.05) is 33.7 Å². The maximum Gasteiger partial charge on any atom is 0.364 e. The molecule has 91 heavy (non-hydrogen) atoms. The van der Waals surface area contributed by atoms with E-state index >= 15 is 0 Å². The molecule has 492 valence electrons. The Bertz CT molecular complexity index is 3180. The van der Waals surface area contributed by atoms with Crippen LogP contribution in [0.1, 0.15) is 93.8 Å². The maximum atomic E-state index is 13.0. The van der Waals surface area contributed by atoms with E-state index in [2.05, 4.69) is 26.6 Å². The van der Waals surface area contributed by atoms with Crippen molar-refractivity contribution in [1.29, 1.82) is 0 Å². The summed E-state index contributed by atoms with van der Waals surface area (Å²) in [5.41, 5.74) is 5.18. The van der Waals surface area contributed by atoms with Gasteiger partial charge in [0.15, 0.2) is 12.1 Å². The van der Waals surface area contributed by atoms with Gasteiger partial charge in [0.2, 0.25) is 17.6 Å². The van der Waals surface area contributed by atoms with Crippen LogP contribution in [0, 0.1) is 0 Å². The fourth-order valence-corrected chi connectivity index (χ4v) is 13.2. The zero-order valence-electron chi connectivity index (χ0n) is 50.0. The van der Waals surface area contributed by atoms with E-state index < -0.39 is 128 Å². The molecule has 28 heteroatoms. The quantitative estimate of drug-likeness (QED) is 0.0157. The molecule has 2 fully saturated rings. The van der Waals surface area contributed by atoms with E-state index in [0.717, 1.165) is 29.2 Å². The monoisotopic (exact) mass is 1340 g/mol. The lowest BCUT2D eigenvalue weighted by Crippen LogP contribution is -2.68. The van der Waals surface area contributed by atoms with Crippen molar-refractivity contribution < 1.29 is 93.0 Å². The summed E-state index contributed by atoms with van der Waals surface area (Å²) in [5.74, 6) is -6.74. The molecule has 5 aromatic rings. The second-order valence-corrected chi connectivity index (χ2v) is 25.9. The van der Waals surface area contributed by atoms with Gasteiger partial charge in [-0.15, -0.1) is 0 Å². The third kappa shape index (κ3) is 20.5. The first kappa shape index (κ1) is 72.0. The normalized spacial score (nSPS) is 22.7. The van der Waals surface area contributed by atoms with Gasteiger partial charge in [0.25, 0.3) is 23.5 Å². The number of carboxylic acid groups (broad SMARTS) is 1. The molecule has 12 atom stereocenters. The molecular formula is C63H77N5O19S4. The minimum atomic E-state index is -2.47. The molecule has 0 radical (unpaired) electrons. The molecular weight excluding hydrogens is 1260 g/mol. The van der Waals surface area contributed by atoms with Gasteiger partial charge in [-0.05, 0) is 129 Å². The molecule has 3 aromatic carbocycles. The van der Waals surface area contributed by atoms with Crippen molar-refractivity contribution in [3.05, 3.63) is 129 Å². The third-order valence-electron chi connectivity index (χ3n) is 15.1. The van der Waals surface area contributed by atoms with Crippen LogP contribution in [0.25, 0.3) is 22.3 Å². The molecule has 24 nitrogen and oxygen atoms in total. The lowest BCUT2D eigenvalue weighted by Gasteiger charge is -2.46. The van der Waals surface area contributed by atoms with Crippen molar-refractivity contribution in [2.24, 2.45) is 0 Å². The van der Waals surface area contributed by atoms with Crippen LogP contribution >= 0.6 is 46.2 Å². The largest absolute Gasteiger partial charge is 0.477 e. The number of carbonyl (C=O) groups excluding carboxylic acids is 7. The molecule has 5 amide bonds. The Kier molecular flexibility index (Phi) is 27.7. The van der Waals surface area contributed by atoms with Gasteiger partial charge in [-0.2, -0.15) is 46.2 Å². The number of amides is 5. The van der Waals surface area contributed by atoms with Gasteiger partial charge < -0.3 is 81.3 Å². The summed E-state index contributed by atoms with van der Waals surface area (Å²) in [4.78, 5) is 101. The number of ether oxygens (including phenoxy) is 4. The van der Waals surface area contributed by atoms with E-state index in [1.165, 1.54) is 41.8 Å². The van der Waals surface area contributed by atoms with Crippen LogP contribution in [-0.2, 0) is 38.1 Å². The number of aliphatic hydroxyl groups excluding tert-OH is 6. The second kappa shape index (κ2) is 35.0. The number of benzene rings is 3. The highest BCUT2D eigenvalue weighted by Crippen LogP contribution is 2.35. The predicted octanol–water partition coefficient (Wildman–Crippen LogP) is 3.40. The number of carboxylic acids is 1. The Morgan fingerprint density at radius 1 is 0.582 bits per heavy atom. The lowest BCUT2D eigenvalue weighted by molar-refractivity contribution is -0.310. The van der Waals surface area contributed by atoms with Gasteiger partial charge in [-0.25, -0.2) is 4.79 Å². The summed E-state index contributed by atoms with van der Waals surface area (Å²) < 4.78 is 23.4. The van der Waals surface area contributed by atoms with Gasteiger partial charge in [-0.3, -0.25) is 33.6 Å². The summed E-state index contributed by atoms with van der Waals surface area (Å²) in [6, 6.07) is 21.1. The van der Waals surface area contributed by atoms with Crippen molar-refractivity contribution in [2.75, 3.05) is 55.9 Å². The number of thiophene rings is 2. The van der Waals surface area contributed by atoms with Gasteiger partial charge in [0, 0.05) is 80.8 Å². The molecule has 4 heterocycles. The molecule has 2 aliphatic rings. The fraction of sp³-hybridized carbons (Fsp3) is 0.460. The van der Waals surface area contributed by atoms with E-state index in [1.54, 1.807) is 84.1 Å². The third-order valence-corrected chi connectivity index (χ3v) is 18.7. The zero-order valence-corrected chi connectivity index (χ0v) is 53.3.